The maximum atomic E-state index is 5.62. The van der Waals surface area contributed by atoms with Gasteiger partial charge in [-0.15, -0.1) is 0 Å². The summed E-state index contributed by atoms with van der Waals surface area (Å²) < 4.78 is 0. The summed E-state index contributed by atoms with van der Waals surface area (Å²) >= 11 is 4.99. The van der Waals surface area contributed by atoms with E-state index < -0.39 is 0 Å². The molecule has 1 unspecified atom stereocenters. The first-order valence-corrected chi connectivity index (χ1v) is 6.32. The van der Waals surface area contributed by atoms with Crippen LogP contribution in [0.3, 0.4) is 0 Å². The van der Waals surface area contributed by atoms with E-state index >= 15 is 0 Å². The van der Waals surface area contributed by atoms with Crippen LogP contribution in [0.4, 0.5) is 0 Å². The van der Waals surface area contributed by atoms with Crippen LogP contribution in [-0.2, 0) is 0 Å². The van der Waals surface area contributed by atoms with Crippen LogP contribution in [0.2, 0.25) is 0 Å². The SMILES string of the molecule is CCC(CC(N)=S)N1CCN(CC)CC1. The van der Waals surface area contributed by atoms with Gasteiger partial charge in [0.2, 0.25) is 0 Å². The maximum absolute atomic E-state index is 5.62. The van der Waals surface area contributed by atoms with Gasteiger partial charge < -0.3 is 10.6 Å². The summed E-state index contributed by atoms with van der Waals surface area (Å²) in [6, 6.07) is 0.557. The Bertz CT molecular complexity index is 200. The summed E-state index contributed by atoms with van der Waals surface area (Å²) in [5, 5.41) is 0. The van der Waals surface area contributed by atoms with Crippen molar-refractivity contribution in [3.63, 3.8) is 0 Å². The predicted molar refractivity (Wildman–Crippen MR) is 69.2 cm³/mol. The molecule has 1 rings (SSSR count). The van der Waals surface area contributed by atoms with E-state index in [0.29, 0.717) is 11.0 Å². The molecule has 4 heteroatoms. The average molecular weight is 229 g/mol. The van der Waals surface area contributed by atoms with Crippen molar-refractivity contribution in [2.75, 3.05) is 32.7 Å². The van der Waals surface area contributed by atoms with E-state index in [2.05, 4.69) is 23.6 Å². The van der Waals surface area contributed by atoms with E-state index in [1.807, 2.05) is 0 Å². The number of hydrogen-bond donors (Lipinski definition) is 1. The summed E-state index contributed by atoms with van der Waals surface area (Å²) in [7, 11) is 0. The number of nitrogens with two attached hydrogens (primary N) is 1. The van der Waals surface area contributed by atoms with Crippen molar-refractivity contribution in [2.24, 2.45) is 5.73 Å². The predicted octanol–water partition coefficient (Wildman–Crippen LogP) is 1.08. The Balaban J connectivity index is 2.39. The second-order valence-electron chi connectivity index (χ2n) is 4.20. The van der Waals surface area contributed by atoms with Crippen molar-refractivity contribution in [1.29, 1.82) is 0 Å². The Morgan fingerprint density at radius 1 is 1.27 bits per heavy atom. The van der Waals surface area contributed by atoms with Crippen molar-refractivity contribution in [3.05, 3.63) is 0 Å². The summed E-state index contributed by atoms with van der Waals surface area (Å²) in [6.07, 6.45) is 2.02. The molecule has 1 aliphatic rings. The molecule has 0 bridgehead atoms. The van der Waals surface area contributed by atoms with Gasteiger partial charge in [-0.3, -0.25) is 4.90 Å². The van der Waals surface area contributed by atoms with Crippen LogP contribution < -0.4 is 5.73 Å². The Kier molecular flexibility index (Phi) is 5.50. The van der Waals surface area contributed by atoms with E-state index in [0.717, 1.165) is 25.9 Å². The highest BCUT2D eigenvalue weighted by atomic mass is 32.1. The maximum Gasteiger partial charge on any atom is 0.0743 e. The number of hydrogen-bond acceptors (Lipinski definition) is 3. The van der Waals surface area contributed by atoms with Crippen LogP contribution in [0.5, 0.6) is 0 Å². The molecular formula is C11H23N3S. The molecule has 0 amide bonds. The molecule has 0 aromatic heterocycles. The highest BCUT2D eigenvalue weighted by molar-refractivity contribution is 7.80. The summed E-state index contributed by atoms with van der Waals surface area (Å²) in [5.41, 5.74) is 5.62. The third kappa shape index (κ3) is 4.05. The van der Waals surface area contributed by atoms with Gasteiger partial charge in [-0.05, 0) is 13.0 Å². The lowest BCUT2D eigenvalue weighted by atomic mass is 10.1. The van der Waals surface area contributed by atoms with Gasteiger partial charge >= 0.3 is 0 Å². The lowest BCUT2D eigenvalue weighted by Crippen LogP contribution is -2.50. The molecular weight excluding hydrogens is 206 g/mol. The molecule has 0 spiro atoms. The smallest absolute Gasteiger partial charge is 0.0743 e. The molecule has 3 nitrogen and oxygen atoms in total. The Morgan fingerprint density at radius 2 is 1.87 bits per heavy atom. The molecule has 0 aromatic carbocycles. The number of thiocarbonyl (C=S) groups is 1. The Labute approximate surface area is 98.6 Å². The van der Waals surface area contributed by atoms with Gasteiger partial charge in [-0.2, -0.15) is 0 Å². The van der Waals surface area contributed by atoms with Crippen molar-refractivity contribution < 1.29 is 0 Å². The number of nitrogens with zero attached hydrogens (tertiary/aromatic N) is 2. The van der Waals surface area contributed by atoms with Gasteiger partial charge in [0.25, 0.3) is 0 Å². The Hall–Kier alpha value is -0.190. The fourth-order valence-corrected chi connectivity index (χ4v) is 2.40. The number of piperazine rings is 1. The lowest BCUT2D eigenvalue weighted by molar-refractivity contribution is 0.0999. The first-order valence-electron chi connectivity index (χ1n) is 5.92. The monoisotopic (exact) mass is 229 g/mol. The highest BCUT2D eigenvalue weighted by Crippen LogP contribution is 2.12. The molecule has 1 saturated heterocycles. The van der Waals surface area contributed by atoms with Crippen LogP contribution >= 0.6 is 12.2 Å². The van der Waals surface area contributed by atoms with Crippen LogP contribution in [0.15, 0.2) is 0 Å². The van der Waals surface area contributed by atoms with E-state index in [4.69, 9.17) is 18.0 Å². The zero-order valence-electron chi connectivity index (χ0n) is 9.91. The van der Waals surface area contributed by atoms with Gasteiger partial charge in [0.15, 0.2) is 0 Å². The van der Waals surface area contributed by atoms with Crippen molar-refractivity contribution in [3.8, 4) is 0 Å². The summed E-state index contributed by atoms with van der Waals surface area (Å²) in [5.74, 6) is 0. The third-order valence-electron chi connectivity index (χ3n) is 3.28. The normalized spacial score (nSPS) is 21.5. The zero-order chi connectivity index (χ0) is 11.3. The van der Waals surface area contributed by atoms with Gasteiger partial charge in [-0.1, -0.05) is 26.1 Å². The summed E-state index contributed by atoms with van der Waals surface area (Å²) in [6.45, 7) is 10.3. The molecule has 0 aliphatic carbocycles. The fraction of sp³-hybridized carbons (Fsp3) is 0.909. The van der Waals surface area contributed by atoms with E-state index in [1.165, 1.54) is 19.6 Å². The van der Waals surface area contributed by atoms with Gasteiger partial charge in [0, 0.05) is 38.6 Å². The largest absolute Gasteiger partial charge is 0.393 e. The van der Waals surface area contributed by atoms with Crippen LogP contribution in [0.1, 0.15) is 26.7 Å². The average Bonchev–Trinajstić information content (AvgIpc) is 2.26. The molecule has 88 valence electrons. The van der Waals surface area contributed by atoms with Gasteiger partial charge in [-0.25, -0.2) is 0 Å². The van der Waals surface area contributed by atoms with Crippen LogP contribution in [0.25, 0.3) is 0 Å². The molecule has 1 heterocycles. The highest BCUT2D eigenvalue weighted by Gasteiger charge is 2.22. The fourth-order valence-electron chi connectivity index (χ4n) is 2.21. The zero-order valence-corrected chi connectivity index (χ0v) is 10.7. The topological polar surface area (TPSA) is 32.5 Å². The molecule has 0 saturated carbocycles. The Morgan fingerprint density at radius 3 is 2.27 bits per heavy atom. The van der Waals surface area contributed by atoms with Gasteiger partial charge in [0.05, 0.1) is 4.99 Å². The third-order valence-corrected chi connectivity index (χ3v) is 3.45. The van der Waals surface area contributed by atoms with Crippen molar-refractivity contribution in [2.45, 2.75) is 32.7 Å². The number of likely N-dealkylation sites (N-methyl/N-ethyl adjacent to an activating group) is 1. The summed E-state index contributed by atoms with van der Waals surface area (Å²) in [4.78, 5) is 5.68. The van der Waals surface area contributed by atoms with Gasteiger partial charge in [0.1, 0.15) is 0 Å². The second kappa shape index (κ2) is 6.40. The van der Waals surface area contributed by atoms with Crippen LogP contribution in [0, 0.1) is 0 Å². The molecule has 1 fully saturated rings. The lowest BCUT2D eigenvalue weighted by Gasteiger charge is -2.38. The van der Waals surface area contributed by atoms with E-state index in [-0.39, 0.29) is 0 Å². The van der Waals surface area contributed by atoms with Crippen molar-refractivity contribution >= 4 is 17.2 Å². The molecule has 1 atom stereocenters. The second-order valence-corrected chi connectivity index (χ2v) is 4.73. The van der Waals surface area contributed by atoms with E-state index in [1.54, 1.807) is 0 Å². The molecule has 0 radical (unpaired) electrons. The van der Waals surface area contributed by atoms with Crippen LogP contribution in [-0.4, -0.2) is 53.6 Å². The minimum absolute atomic E-state index is 0.557. The number of rotatable bonds is 5. The minimum Gasteiger partial charge on any atom is -0.393 e. The first-order chi connectivity index (χ1) is 7.17. The molecule has 1 aliphatic heterocycles. The van der Waals surface area contributed by atoms with Crippen molar-refractivity contribution in [1.82, 2.24) is 9.80 Å². The molecule has 15 heavy (non-hydrogen) atoms. The minimum atomic E-state index is 0.557. The van der Waals surface area contributed by atoms with E-state index in [9.17, 15) is 0 Å². The standard InChI is InChI=1S/C11H23N3S/c1-3-10(9-11(12)15)14-7-5-13(4-2)6-8-14/h10H,3-9H2,1-2H3,(H2,12,15). The quantitative estimate of drug-likeness (QED) is 0.715. The molecule has 2 N–H and O–H groups in total. The molecule has 0 aromatic rings. The first kappa shape index (κ1) is 12.9.